The highest BCUT2D eigenvalue weighted by Gasteiger charge is 2.38. The van der Waals surface area contributed by atoms with Crippen LogP contribution in [-0.4, -0.2) is 64.6 Å². The van der Waals surface area contributed by atoms with Gasteiger partial charge in [-0.15, -0.1) is 10.2 Å². The molecule has 2 unspecified atom stereocenters. The van der Waals surface area contributed by atoms with Crippen LogP contribution in [0.25, 0.3) is 11.1 Å². The van der Waals surface area contributed by atoms with Crippen LogP contribution in [0.1, 0.15) is 5.56 Å². The van der Waals surface area contributed by atoms with E-state index in [0.717, 1.165) is 11.4 Å². The molecule has 0 saturated carbocycles. The summed E-state index contributed by atoms with van der Waals surface area (Å²) in [4.78, 5) is 7.25. The summed E-state index contributed by atoms with van der Waals surface area (Å²) in [7, 11) is 0. The minimum atomic E-state index is -1.98. The van der Waals surface area contributed by atoms with Crippen LogP contribution >= 0.6 is 0 Å². The van der Waals surface area contributed by atoms with E-state index in [1.165, 1.54) is 0 Å². The number of amidine groups is 1. The van der Waals surface area contributed by atoms with Crippen LogP contribution in [0.2, 0.25) is 0 Å². The predicted molar refractivity (Wildman–Crippen MR) is 124 cm³/mol. The number of hydrogen-bond donors (Lipinski definition) is 5. The topological polar surface area (TPSA) is 186 Å². The summed E-state index contributed by atoms with van der Waals surface area (Å²) in [6, 6.07) is 7.20. The van der Waals surface area contributed by atoms with Crippen molar-refractivity contribution in [1.29, 1.82) is 0 Å². The summed E-state index contributed by atoms with van der Waals surface area (Å²) in [6.45, 7) is 3.76. The van der Waals surface area contributed by atoms with Crippen molar-refractivity contribution in [1.82, 2.24) is 15.8 Å². The lowest BCUT2D eigenvalue weighted by Gasteiger charge is -2.31. The first-order valence-corrected chi connectivity index (χ1v) is 12.5. The van der Waals surface area contributed by atoms with E-state index < -0.39 is 22.5 Å². The Hall–Kier alpha value is -2.10. The smallest absolute Gasteiger partial charge is 0.239 e. The van der Waals surface area contributed by atoms with Crippen LogP contribution in [0, 0.1) is 0 Å². The Morgan fingerprint density at radius 1 is 1.22 bits per heavy atom. The van der Waals surface area contributed by atoms with E-state index in [9.17, 15) is 9.11 Å². The first-order chi connectivity index (χ1) is 15.5. The zero-order valence-corrected chi connectivity index (χ0v) is 19.0. The molecule has 11 nitrogen and oxygen atoms in total. The Kier molecular flexibility index (Phi) is 7.37. The lowest BCUT2D eigenvalue weighted by molar-refractivity contribution is 0.122. The molecule has 2 fully saturated rings. The molecule has 1 aromatic heterocycles. The number of anilines is 1. The Morgan fingerprint density at radius 3 is 2.59 bits per heavy atom. The number of nitrogens with two attached hydrogens (primary N) is 3. The second kappa shape index (κ2) is 10.2. The van der Waals surface area contributed by atoms with Crippen molar-refractivity contribution in [2.24, 2.45) is 21.8 Å². The number of ether oxygens (including phenoxy) is 1. The number of morpholine rings is 1. The monoisotopic (exact) mass is 478 g/mol. The maximum absolute atomic E-state index is 13.2. The van der Waals surface area contributed by atoms with Crippen LogP contribution in [-0.2, 0) is 27.3 Å². The van der Waals surface area contributed by atoms with E-state index in [-0.39, 0.29) is 16.0 Å². The molecular weight excluding hydrogens is 452 g/mol. The third-order valence-corrected chi connectivity index (χ3v) is 8.08. The molecule has 3 heterocycles. The van der Waals surface area contributed by atoms with Crippen molar-refractivity contribution < 1.29 is 13.8 Å². The summed E-state index contributed by atoms with van der Waals surface area (Å²) in [5, 5.41) is 12.8. The molecule has 2 aliphatic rings. The molecule has 0 amide bonds. The maximum Gasteiger partial charge on any atom is 0.239 e. The quantitative estimate of drug-likeness (QED) is 0.106. The van der Waals surface area contributed by atoms with Crippen molar-refractivity contribution in [3.05, 3.63) is 36.0 Å². The third-order valence-electron chi connectivity index (χ3n) is 5.41. The highest BCUT2D eigenvalue weighted by atomic mass is 32.2. The van der Waals surface area contributed by atoms with Gasteiger partial charge in [0.05, 0.1) is 30.1 Å². The fourth-order valence-corrected chi connectivity index (χ4v) is 6.31. The van der Waals surface area contributed by atoms with Gasteiger partial charge < -0.3 is 29.8 Å². The molecule has 0 spiro atoms. The molecule has 32 heavy (non-hydrogen) atoms. The number of benzene rings is 1. The summed E-state index contributed by atoms with van der Waals surface area (Å²) in [5.41, 5.74) is 10.1. The van der Waals surface area contributed by atoms with Crippen molar-refractivity contribution in [2.75, 3.05) is 44.3 Å². The average Bonchev–Trinajstić information content (AvgIpc) is 2.77. The Morgan fingerprint density at radius 2 is 1.97 bits per heavy atom. The minimum Gasteiger partial charge on any atom is -0.611 e. The maximum atomic E-state index is 13.2. The number of hydrogen-bond acceptors (Lipinski definition) is 10. The highest BCUT2D eigenvalue weighted by molar-refractivity contribution is 7.94. The molecular formula is C19H26N8O3S2. The SMILES string of the molecule is NN/N=C(\N)c1c(-c2cccnc2N2CCOCC2)ccc([S+]([O-])C2CNC2)c1[S+](N)[O-]. The number of hydrazine groups is 1. The molecule has 2 aliphatic heterocycles. The molecule has 172 valence electrons. The van der Waals surface area contributed by atoms with E-state index in [4.69, 9.17) is 21.5 Å². The van der Waals surface area contributed by atoms with Gasteiger partial charge in [-0.1, -0.05) is 0 Å². The van der Waals surface area contributed by atoms with Crippen LogP contribution in [0.4, 0.5) is 5.82 Å². The van der Waals surface area contributed by atoms with E-state index >= 15 is 0 Å². The van der Waals surface area contributed by atoms with Crippen LogP contribution in [0.5, 0.6) is 0 Å². The third kappa shape index (κ3) is 4.51. The van der Waals surface area contributed by atoms with Crippen molar-refractivity contribution in [3.63, 3.8) is 0 Å². The molecule has 2 saturated heterocycles. The van der Waals surface area contributed by atoms with Crippen molar-refractivity contribution in [3.8, 4) is 11.1 Å². The summed E-state index contributed by atoms with van der Waals surface area (Å²) < 4.78 is 31.4. The normalized spacial score (nSPS) is 19.4. The van der Waals surface area contributed by atoms with Gasteiger partial charge in [-0.25, -0.2) is 16.4 Å². The van der Waals surface area contributed by atoms with E-state index in [1.807, 2.05) is 12.1 Å². The zero-order valence-electron chi connectivity index (χ0n) is 17.3. The fraction of sp³-hybridized carbons (Fsp3) is 0.368. The van der Waals surface area contributed by atoms with Gasteiger partial charge in [0.25, 0.3) is 0 Å². The van der Waals surface area contributed by atoms with Crippen molar-refractivity contribution >= 4 is 34.2 Å². The van der Waals surface area contributed by atoms with Gasteiger partial charge >= 0.3 is 0 Å². The molecule has 0 bridgehead atoms. The van der Waals surface area contributed by atoms with Crippen LogP contribution in [0.3, 0.4) is 0 Å². The van der Waals surface area contributed by atoms with Crippen molar-refractivity contribution in [2.45, 2.75) is 15.0 Å². The van der Waals surface area contributed by atoms with Gasteiger partial charge in [0.2, 0.25) is 9.79 Å². The lowest BCUT2D eigenvalue weighted by Crippen LogP contribution is -2.51. The number of pyridine rings is 1. The molecule has 13 heteroatoms. The Labute approximate surface area is 192 Å². The summed E-state index contributed by atoms with van der Waals surface area (Å²) >= 11 is -3.40. The lowest BCUT2D eigenvalue weighted by atomic mass is 9.98. The number of nitrogens with zero attached hydrogens (tertiary/aromatic N) is 3. The highest BCUT2D eigenvalue weighted by Crippen LogP contribution is 2.38. The standard InChI is InChI=1S/C19H26N8O3S2/c20-18(25-26-21)16-13(14-2-1-5-24-19(14)27-6-8-30-9-7-27)3-4-15(17(16)32(22)29)31(28)12-10-23-11-12/h1-5,12,23,26H,6-11,21-22H2,(H2,20,25). The molecule has 4 rings (SSSR count). The first-order valence-electron chi connectivity index (χ1n) is 10.0. The predicted octanol–water partition coefficient (Wildman–Crippen LogP) is -1.27. The zero-order chi connectivity index (χ0) is 22.7. The van der Waals surface area contributed by atoms with E-state index in [2.05, 4.69) is 25.8 Å². The molecule has 8 N–H and O–H groups in total. The fourth-order valence-electron chi connectivity index (χ4n) is 3.75. The van der Waals surface area contributed by atoms with Gasteiger partial charge in [0, 0.05) is 43.5 Å². The van der Waals surface area contributed by atoms with E-state index in [1.54, 1.807) is 18.3 Å². The number of hydrazone groups is 1. The Bertz CT molecular complexity index is 983. The first kappa shape index (κ1) is 23.1. The number of nitrogens with one attached hydrogen (secondary N) is 2. The van der Waals surface area contributed by atoms with E-state index in [0.29, 0.717) is 55.4 Å². The van der Waals surface area contributed by atoms with Gasteiger partial charge in [-0.2, -0.15) is 0 Å². The van der Waals surface area contributed by atoms with Gasteiger partial charge in [-0.3, -0.25) is 0 Å². The second-order valence-electron chi connectivity index (χ2n) is 7.29. The molecule has 0 radical (unpaired) electrons. The minimum absolute atomic E-state index is 0.0151. The molecule has 2 atom stereocenters. The number of rotatable bonds is 7. The summed E-state index contributed by atoms with van der Waals surface area (Å²) in [5.74, 6) is 6.10. The average molecular weight is 479 g/mol. The second-order valence-corrected chi connectivity index (χ2v) is 9.99. The summed E-state index contributed by atoms with van der Waals surface area (Å²) in [6.07, 6.45) is 1.71. The van der Waals surface area contributed by atoms with Crippen LogP contribution < -0.4 is 32.5 Å². The Balaban J connectivity index is 1.91. The van der Waals surface area contributed by atoms with Crippen LogP contribution in [0.15, 0.2) is 45.4 Å². The van der Waals surface area contributed by atoms with Gasteiger partial charge in [0.15, 0.2) is 5.84 Å². The van der Waals surface area contributed by atoms with Gasteiger partial charge in [-0.05, 0) is 35.4 Å². The number of aromatic nitrogens is 1. The molecule has 1 aromatic carbocycles. The molecule has 0 aliphatic carbocycles. The molecule has 2 aromatic rings. The largest absolute Gasteiger partial charge is 0.611 e. The van der Waals surface area contributed by atoms with Gasteiger partial charge in [0.1, 0.15) is 11.1 Å².